The van der Waals surface area contributed by atoms with Gasteiger partial charge in [-0.2, -0.15) is 4.31 Å². The van der Waals surface area contributed by atoms with Gasteiger partial charge in [-0.1, -0.05) is 49.2 Å². The fourth-order valence-electron chi connectivity index (χ4n) is 5.73. The molecule has 2 atom stereocenters. The van der Waals surface area contributed by atoms with Crippen molar-refractivity contribution < 1.29 is 13.2 Å². The predicted octanol–water partition coefficient (Wildman–Crippen LogP) is 3.60. The van der Waals surface area contributed by atoms with Gasteiger partial charge in [0.25, 0.3) is 5.91 Å². The average Bonchev–Trinajstić information content (AvgIpc) is 3.29. The molecule has 3 aliphatic rings. The second-order valence-corrected chi connectivity index (χ2v) is 11.5. The van der Waals surface area contributed by atoms with Crippen LogP contribution in [0.25, 0.3) is 0 Å². The quantitative estimate of drug-likeness (QED) is 0.674. The fourth-order valence-corrected chi connectivity index (χ4v) is 7.20. The van der Waals surface area contributed by atoms with E-state index >= 15 is 0 Å². The third-order valence-corrected chi connectivity index (χ3v) is 9.46. The molecule has 0 spiro atoms. The third kappa shape index (κ3) is 4.72. The number of benzene rings is 2. The number of carbonyl (C=O) groups is 1. The van der Waals surface area contributed by atoms with Crippen molar-refractivity contribution in [3.63, 3.8) is 0 Å². The van der Waals surface area contributed by atoms with Gasteiger partial charge in [-0.05, 0) is 48.9 Å². The summed E-state index contributed by atoms with van der Waals surface area (Å²) in [5.74, 6) is 0.593. The minimum atomic E-state index is -3.63. The number of fused-ring (bicyclic) bond motifs is 1. The van der Waals surface area contributed by atoms with Crippen LogP contribution in [-0.4, -0.2) is 67.2 Å². The molecule has 5 rings (SSSR count). The number of sulfonamides is 1. The largest absolute Gasteiger partial charge is 0.335 e. The summed E-state index contributed by atoms with van der Waals surface area (Å²) in [5, 5.41) is 0. The lowest BCUT2D eigenvalue weighted by Gasteiger charge is -2.34. The highest BCUT2D eigenvalue weighted by Crippen LogP contribution is 2.37. The van der Waals surface area contributed by atoms with Gasteiger partial charge in [-0.3, -0.25) is 9.69 Å². The summed E-state index contributed by atoms with van der Waals surface area (Å²) in [5.41, 5.74) is 1.73. The third-order valence-electron chi connectivity index (χ3n) is 7.57. The van der Waals surface area contributed by atoms with Crippen LogP contribution in [0, 0.1) is 5.92 Å². The summed E-state index contributed by atoms with van der Waals surface area (Å²) < 4.78 is 28.3. The van der Waals surface area contributed by atoms with Crippen LogP contribution in [0.4, 0.5) is 0 Å². The van der Waals surface area contributed by atoms with Gasteiger partial charge in [0, 0.05) is 50.9 Å². The number of hydrogen-bond acceptors (Lipinski definition) is 4. The minimum Gasteiger partial charge on any atom is -0.335 e. The van der Waals surface area contributed by atoms with Crippen LogP contribution >= 0.6 is 0 Å². The topological polar surface area (TPSA) is 60.9 Å². The molecule has 0 N–H and O–H groups in total. The molecule has 1 aliphatic carbocycles. The second-order valence-electron chi connectivity index (χ2n) is 9.59. The van der Waals surface area contributed by atoms with Crippen molar-refractivity contribution in [2.45, 2.75) is 49.6 Å². The summed E-state index contributed by atoms with van der Waals surface area (Å²) in [4.78, 5) is 17.8. The number of carbonyl (C=O) groups excluding carboxylic acids is 1. The van der Waals surface area contributed by atoms with Crippen molar-refractivity contribution in [1.82, 2.24) is 14.1 Å². The Hall–Kier alpha value is -2.22. The van der Waals surface area contributed by atoms with E-state index < -0.39 is 10.0 Å². The average molecular weight is 468 g/mol. The molecule has 176 valence electrons. The first kappa shape index (κ1) is 22.6. The van der Waals surface area contributed by atoms with E-state index in [1.54, 1.807) is 28.6 Å². The van der Waals surface area contributed by atoms with E-state index in [9.17, 15) is 13.2 Å². The summed E-state index contributed by atoms with van der Waals surface area (Å²) in [6, 6.07) is 17.3. The molecule has 2 heterocycles. The Balaban J connectivity index is 1.26. The Morgan fingerprint density at radius 1 is 0.848 bits per heavy atom. The van der Waals surface area contributed by atoms with Crippen LogP contribution in [0.5, 0.6) is 0 Å². The van der Waals surface area contributed by atoms with E-state index in [-0.39, 0.29) is 10.8 Å². The Morgan fingerprint density at radius 3 is 2.39 bits per heavy atom. The Labute approximate surface area is 197 Å². The van der Waals surface area contributed by atoms with Crippen LogP contribution in [-0.2, 0) is 16.6 Å². The van der Waals surface area contributed by atoms with E-state index in [1.807, 2.05) is 23.1 Å². The molecule has 6 nitrogen and oxygen atoms in total. The van der Waals surface area contributed by atoms with E-state index in [4.69, 9.17) is 0 Å². The monoisotopic (exact) mass is 467 g/mol. The molecule has 33 heavy (non-hydrogen) atoms. The number of rotatable bonds is 5. The Bertz CT molecular complexity index is 1080. The van der Waals surface area contributed by atoms with Gasteiger partial charge < -0.3 is 4.90 Å². The predicted molar refractivity (Wildman–Crippen MR) is 128 cm³/mol. The standard InChI is InChI=1S/C26H33N3O3S/c30-26(29-14-13-22-9-4-5-12-25(22)29)23-10-6-11-24(19-23)33(31,32)28-17-15-27(16-18-28)20-21-7-2-1-3-8-21/h1-3,6-8,10-11,19,22,25H,4-5,9,12-18,20H2. The van der Waals surface area contributed by atoms with Crippen molar-refractivity contribution in [2.24, 2.45) is 5.92 Å². The van der Waals surface area contributed by atoms with Crippen LogP contribution in [0.2, 0.25) is 0 Å². The van der Waals surface area contributed by atoms with Gasteiger partial charge in [0.2, 0.25) is 10.0 Å². The highest BCUT2D eigenvalue weighted by Gasteiger charge is 2.38. The molecule has 2 unspecified atom stereocenters. The van der Waals surface area contributed by atoms with Crippen LogP contribution < -0.4 is 0 Å². The maximum absolute atomic E-state index is 13.4. The fraction of sp³-hybridized carbons (Fsp3) is 0.500. The molecular formula is C26H33N3O3S. The van der Waals surface area contributed by atoms with Crippen molar-refractivity contribution in [1.29, 1.82) is 0 Å². The molecule has 0 radical (unpaired) electrons. The molecule has 7 heteroatoms. The number of nitrogens with zero attached hydrogens (tertiary/aromatic N) is 3. The molecule has 1 saturated carbocycles. The zero-order valence-electron chi connectivity index (χ0n) is 19.1. The zero-order valence-corrected chi connectivity index (χ0v) is 19.9. The highest BCUT2D eigenvalue weighted by atomic mass is 32.2. The van der Waals surface area contributed by atoms with Gasteiger partial charge in [0.1, 0.15) is 0 Å². The smallest absolute Gasteiger partial charge is 0.254 e. The normalized spacial score (nSPS) is 24.5. The SMILES string of the molecule is O=C(c1cccc(S(=O)(=O)N2CCN(Cc3ccccc3)CC2)c1)N1CCC2CCCCC21. The number of amides is 1. The van der Waals surface area contributed by atoms with Gasteiger partial charge in [-0.15, -0.1) is 0 Å². The highest BCUT2D eigenvalue weighted by molar-refractivity contribution is 7.89. The van der Waals surface area contributed by atoms with E-state index in [0.717, 1.165) is 25.9 Å². The Morgan fingerprint density at radius 2 is 1.61 bits per heavy atom. The second kappa shape index (κ2) is 9.57. The van der Waals surface area contributed by atoms with Gasteiger partial charge in [-0.25, -0.2) is 8.42 Å². The first-order valence-corrected chi connectivity index (χ1v) is 13.6. The van der Waals surface area contributed by atoms with Crippen molar-refractivity contribution in [3.05, 3.63) is 65.7 Å². The molecule has 3 fully saturated rings. The number of likely N-dealkylation sites (tertiary alicyclic amines) is 1. The van der Waals surface area contributed by atoms with Gasteiger partial charge in [0.15, 0.2) is 0 Å². The maximum atomic E-state index is 13.4. The lowest BCUT2D eigenvalue weighted by atomic mass is 9.85. The van der Waals surface area contributed by atoms with Crippen molar-refractivity contribution >= 4 is 15.9 Å². The summed E-state index contributed by atoms with van der Waals surface area (Å²) in [6.07, 6.45) is 5.79. The molecule has 2 aromatic rings. The first-order valence-electron chi connectivity index (χ1n) is 12.2. The Kier molecular flexibility index (Phi) is 6.54. The van der Waals surface area contributed by atoms with E-state index in [2.05, 4.69) is 17.0 Å². The number of hydrogen-bond donors (Lipinski definition) is 0. The lowest BCUT2D eigenvalue weighted by Crippen LogP contribution is -2.48. The molecular weight excluding hydrogens is 434 g/mol. The van der Waals surface area contributed by atoms with Crippen LogP contribution in [0.3, 0.4) is 0 Å². The van der Waals surface area contributed by atoms with Crippen LogP contribution in [0.1, 0.15) is 48.0 Å². The first-order chi connectivity index (χ1) is 16.0. The number of piperazine rings is 1. The van der Waals surface area contributed by atoms with Crippen molar-refractivity contribution in [3.8, 4) is 0 Å². The molecule has 0 aromatic heterocycles. The lowest BCUT2D eigenvalue weighted by molar-refractivity contribution is 0.0690. The minimum absolute atomic E-state index is 0.0193. The molecule has 2 saturated heterocycles. The summed E-state index contributed by atoms with van der Waals surface area (Å²) in [7, 11) is -3.63. The van der Waals surface area contributed by atoms with Crippen LogP contribution in [0.15, 0.2) is 59.5 Å². The molecule has 2 aromatic carbocycles. The zero-order chi connectivity index (χ0) is 22.8. The summed E-state index contributed by atoms with van der Waals surface area (Å²) in [6.45, 7) is 3.94. The van der Waals surface area contributed by atoms with Crippen molar-refractivity contribution in [2.75, 3.05) is 32.7 Å². The summed E-state index contributed by atoms with van der Waals surface area (Å²) >= 11 is 0. The van der Waals surface area contributed by atoms with E-state index in [0.29, 0.717) is 43.7 Å². The van der Waals surface area contributed by atoms with Gasteiger partial charge >= 0.3 is 0 Å². The molecule has 0 bridgehead atoms. The molecule has 2 aliphatic heterocycles. The molecule has 1 amide bonds. The van der Waals surface area contributed by atoms with E-state index in [1.165, 1.54) is 24.8 Å². The maximum Gasteiger partial charge on any atom is 0.254 e. The van der Waals surface area contributed by atoms with Gasteiger partial charge in [0.05, 0.1) is 4.90 Å².